The van der Waals surface area contributed by atoms with Gasteiger partial charge in [0.2, 0.25) is 0 Å². The average molecular weight is 194 g/mol. The fourth-order valence-electron chi connectivity index (χ4n) is 1.26. The normalized spacial score (nSPS) is 9.64. The SMILES string of the molecule is CC.CCc1ncc(C)nc1C(C)C. The van der Waals surface area contributed by atoms with Gasteiger partial charge in [0.25, 0.3) is 0 Å². The van der Waals surface area contributed by atoms with Gasteiger partial charge in [0.05, 0.1) is 17.1 Å². The van der Waals surface area contributed by atoms with Gasteiger partial charge in [-0.1, -0.05) is 34.6 Å². The maximum Gasteiger partial charge on any atom is 0.0647 e. The zero-order valence-corrected chi connectivity index (χ0v) is 10.3. The molecule has 1 heterocycles. The lowest BCUT2D eigenvalue weighted by Crippen LogP contribution is -2.03. The van der Waals surface area contributed by atoms with Crippen LogP contribution in [0.5, 0.6) is 0 Å². The summed E-state index contributed by atoms with van der Waals surface area (Å²) in [5, 5.41) is 0. The molecule has 14 heavy (non-hydrogen) atoms. The van der Waals surface area contributed by atoms with Crippen molar-refractivity contribution in [2.45, 2.75) is 53.9 Å². The molecule has 1 aromatic heterocycles. The largest absolute Gasteiger partial charge is 0.258 e. The van der Waals surface area contributed by atoms with E-state index in [9.17, 15) is 0 Å². The Kier molecular flexibility index (Phi) is 6.09. The molecule has 0 saturated carbocycles. The second kappa shape index (κ2) is 6.52. The zero-order chi connectivity index (χ0) is 11.1. The topological polar surface area (TPSA) is 25.8 Å². The summed E-state index contributed by atoms with van der Waals surface area (Å²) in [6, 6.07) is 0. The second-order valence-electron chi connectivity index (χ2n) is 3.35. The summed E-state index contributed by atoms with van der Waals surface area (Å²) in [6.07, 6.45) is 2.81. The summed E-state index contributed by atoms with van der Waals surface area (Å²) in [5.74, 6) is 0.479. The highest BCUT2D eigenvalue weighted by atomic mass is 14.8. The van der Waals surface area contributed by atoms with E-state index >= 15 is 0 Å². The first-order valence-electron chi connectivity index (χ1n) is 5.47. The standard InChI is InChI=1S/C10H16N2.C2H6/c1-5-9-10(7(2)3)12-8(4)6-11-9;1-2/h6-7H,5H2,1-4H3;1-2H3. The fraction of sp³-hybridized carbons (Fsp3) is 0.667. The summed E-state index contributed by atoms with van der Waals surface area (Å²) >= 11 is 0. The third kappa shape index (κ3) is 3.44. The highest BCUT2D eigenvalue weighted by molar-refractivity contribution is 5.16. The Balaban J connectivity index is 0.000000791. The lowest BCUT2D eigenvalue weighted by Gasteiger charge is -2.09. The minimum atomic E-state index is 0.479. The van der Waals surface area contributed by atoms with Crippen LogP contribution in [0.3, 0.4) is 0 Å². The van der Waals surface area contributed by atoms with E-state index in [2.05, 4.69) is 30.7 Å². The molecule has 0 aliphatic heterocycles. The van der Waals surface area contributed by atoms with Crippen LogP contribution in [-0.4, -0.2) is 9.97 Å². The van der Waals surface area contributed by atoms with Gasteiger partial charge in [-0.2, -0.15) is 0 Å². The van der Waals surface area contributed by atoms with Gasteiger partial charge in [0.15, 0.2) is 0 Å². The van der Waals surface area contributed by atoms with Crippen LogP contribution in [0.15, 0.2) is 6.20 Å². The summed E-state index contributed by atoms with van der Waals surface area (Å²) in [5.41, 5.74) is 3.30. The van der Waals surface area contributed by atoms with Crippen molar-refractivity contribution in [2.24, 2.45) is 0 Å². The van der Waals surface area contributed by atoms with Crippen molar-refractivity contribution >= 4 is 0 Å². The predicted molar refractivity (Wildman–Crippen MR) is 61.6 cm³/mol. The number of aromatic nitrogens is 2. The summed E-state index contributed by atoms with van der Waals surface area (Å²) in [4.78, 5) is 8.84. The molecule has 0 aromatic carbocycles. The van der Waals surface area contributed by atoms with Crippen LogP contribution >= 0.6 is 0 Å². The van der Waals surface area contributed by atoms with E-state index in [1.165, 1.54) is 0 Å². The average Bonchev–Trinajstić information content (AvgIpc) is 2.20. The molecule has 0 aliphatic carbocycles. The minimum Gasteiger partial charge on any atom is -0.258 e. The Morgan fingerprint density at radius 2 is 1.86 bits per heavy atom. The smallest absolute Gasteiger partial charge is 0.0647 e. The fourth-order valence-corrected chi connectivity index (χ4v) is 1.26. The Morgan fingerprint density at radius 3 is 2.29 bits per heavy atom. The van der Waals surface area contributed by atoms with Gasteiger partial charge in [-0.15, -0.1) is 0 Å². The van der Waals surface area contributed by atoms with Crippen LogP contribution in [0.1, 0.15) is 57.6 Å². The van der Waals surface area contributed by atoms with Gasteiger partial charge in [-0.3, -0.25) is 9.97 Å². The van der Waals surface area contributed by atoms with Crippen LogP contribution in [0.25, 0.3) is 0 Å². The van der Waals surface area contributed by atoms with E-state index < -0.39 is 0 Å². The summed E-state index contributed by atoms with van der Waals surface area (Å²) in [6.45, 7) is 12.4. The van der Waals surface area contributed by atoms with Gasteiger partial charge >= 0.3 is 0 Å². The molecule has 0 saturated heterocycles. The lowest BCUT2D eigenvalue weighted by atomic mass is 10.1. The molecule has 1 rings (SSSR count). The number of nitrogens with zero attached hydrogens (tertiary/aromatic N) is 2. The molecule has 0 radical (unpaired) electrons. The highest BCUT2D eigenvalue weighted by Crippen LogP contribution is 2.15. The van der Waals surface area contributed by atoms with Gasteiger partial charge in [0.1, 0.15) is 0 Å². The number of hydrogen-bond acceptors (Lipinski definition) is 2. The van der Waals surface area contributed by atoms with E-state index in [0.29, 0.717) is 5.92 Å². The molecule has 0 N–H and O–H groups in total. The van der Waals surface area contributed by atoms with Crippen molar-refractivity contribution in [1.29, 1.82) is 0 Å². The summed E-state index contributed by atoms with van der Waals surface area (Å²) in [7, 11) is 0. The van der Waals surface area contributed by atoms with Crippen LogP contribution < -0.4 is 0 Å². The number of hydrogen-bond donors (Lipinski definition) is 0. The minimum absolute atomic E-state index is 0.479. The third-order valence-electron chi connectivity index (χ3n) is 1.88. The van der Waals surface area contributed by atoms with Crippen LogP contribution in [0.4, 0.5) is 0 Å². The summed E-state index contributed by atoms with van der Waals surface area (Å²) < 4.78 is 0. The maximum absolute atomic E-state index is 4.48. The first-order chi connectivity index (χ1) is 6.65. The molecule has 0 atom stereocenters. The second-order valence-corrected chi connectivity index (χ2v) is 3.35. The van der Waals surface area contributed by atoms with Gasteiger partial charge in [-0.05, 0) is 19.3 Å². The van der Waals surface area contributed by atoms with Crippen LogP contribution in [0.2, 0.25) is 0 Å². The Hall–Kier alpha value is -0.920. The Bertz CT molecular complexity index is 267. The Morgan fingerprint density at radius 1 is 1.29 bits per heavy atom. The van der Waals surface area contributed by atoms with Gasteiger partial charge < -0.3 is 0 Å². The van der Waals surface area contributed by atoms with Crippen molar-refractivity contribution in [3.05, 3.63) is 23.3 Å². The van der Waals surface area contributed by atoms with E-state index in [0.717, 1.165) is 23.5 Å². The molecular formula is C12H22N2. The van der Waals surface area contributed by atoms with Gasteiger partial charge in [0, 0.05) is 6.20 Å². The molecule has 1 aromatic rings. The monoisotopic (exact) mass is 194 g/mol. The van der Waals surface area contributed by atoms with E-state index in [1.54, 1.807) is 0 Å². The first kappa shape index (κ1) is 13.1. The molecule has 80 valence electrons. The van der Waals surface area contributed by atoms with Gasteiger partial charge in [-0.25, -0.2) is 0 Å². The van der Waals surface area contributed by atoms with Crippen LogP contribution in [0, 0.1) is 6.92 Å². The third-order valence-corrected chi connectivity index (χ3v) is 1.88. The van der Waals surface area contributed by atoms with Crippen LogP contribution in [-0.2, 0) is 6.42 Å². The quantitative estimate of drug-likeness (QED) is 0.720. The molecule has 0 unspecified atom stereocenters. The number of rotatable bonds is 2. The van der Waals surface area contributed by atoms with E-state index in [4.69, 9.17) is 0 Å². The van der Waals surface area contributed by atoms with Crippen molar-refractivity contribution in [3.8, 4) is 0 Å². The van der Waals surface area contributed by atoms with Crippen molar-refractivity contribution in [1.82, 2.24) is 9.97 Å². The van der Waals surface area contributed by atoms with E-state index in [1.807, 2.05) is 27.0 Å². The predicted octanol–water partition coefficient (Wildman–Crippen LogP) is 3.50. The lowest BCUT2D eigenvalue weighted by molar-refractivity contribution is 0.770. The zero-order valence-electron chi connectivity index (χ0n) is 10.3. The highest BCUT2D eigenvalue weighted by Gasteiger charge is 2.07. The molecule has 0 bridgehead atoms. The van der Waals surface area contributed by atoms with E-state index in [-0.39, 0.29) is 0 Å². The molecule has 0 fully saturated rings. The molecular weight excluding hydrogens is 172 g/mol. The van der Waals surface area contributed by atoms with Crippen molar-refractivity contribution in [3.63, 3.8) is 0 Å². The molecule has 0 aliphatic rings. The molecule has 0 amide bonds. The molecule has 2 heteroatoms. The molecule has 0 spiro atoms. The molecule has 2 nitrogen and oxygen atoms in total. The first-order valence-corrected chi connectivity index (χ1v) is 5.47. The van der Waals surface area contributed by atoms with Crippen molar-refractivity contribution in [2.75, 3.05) is 0 Å². The Labute approximate surface area is 87.8 Å². The maximum atomic E-state index is 4.48. The van der Waals surface area contributed by atoms with Crippen molar-refractivity contribution < 1.29 is 0 Å². The number of aryl methyl sites for hydroxylation is 2.